The second-order valence-corrected chi connectivity index (χ2v) is 5.76. The first-order valence-electron chi connectivity index (χ1n) is 5.18. The number of thiocarbonyl (C=S) groups is 1. The SMILES string of the molecule is CC(CCS(C)=O)Nc1nnccc1C(N)=S. The van der Waals surface area contributed by atoms with Gasteiger partial charge in [0.2, 0.25) is 0 Å². The lowest BCUT2D eigenvalue weighted by Crippen LogP contribution is -2.22. The number of nitrogens with one attached hydrogen (secondary N) is 1. The van der Waals surface area contributed by atoms with Crippen molar-refractivity contribution in [2.45, 2.75) is 19.4 Å². The summed E-state index contributed by atoms with van der Waals surface area (Å²) in [5.74, 6) is 1.23. The maximum atomic E-state index is 11.0. The first-order chi connectivity index (χ1) is 8.00. The fourth-order valence-electron chi connectivity index (χ4n) is 1.29. The summed E-state index contributed by atoms with van der Waals surface area (Å²) < 4.78 is 11.0. The van der Waals surface area contributed by atoms with Gasteiger partial charge in [-0.1, -0.05) is 12.2 Å². The van der Waals surface area contributed by atoms with Gasteiger partial charge in [-0.25, -0.2) is 0 Å². The van der Waals surface area contributed by atoms with E-state index in [1.807, 2.05) is 6.92 Å². The van der Waals surface area contributed by atoms with Crippen molar-refractivity contribution < 1.29 is 4.21 Å². The van der Waals surface area contributed by atoms with Gasteiger partial charge < -0.3 is 11.1 Å². The molecule has 0 fully saturated rings. The summed E-state index contributed by atoms with van der Waals surface area (Å²) in [4.78, 5) is 0.286. The van der Waals surface area contributed by atoms with Crippen LogP contribution in [0.1, 0.15) is 18.9 Å². The zero-order chi connectivity index (χ0) is 12.8. The van der Waals surface area contributed by atoms with Crippen LogP contribution in [0.25, 0.3) is 0 Å². The van der Waals surface area contributed by atoms with Gasteiger partial charge in [0, 0.05) is 28.9 Å². The molecule has 0 spiro atoms. The lowest BCUT2D eigenvalue weighted by molar-refractivity contribution is 0.678. The molecule has 7 heteroatoms. The Morgan fingerprint density at radius 1 is 1.71 bits per heavy atom. The number of rotatable bonds is 6. The van der Waals surface area contributed by atoms with E-state index in [0.717, 1.165) is 6.42 Å². The van der Waals surface area contributed by atoms with Gasteiger partial charge in [-0.05, 0) is 19.4 Å². The van der Waals surface area contributed by atoms with Gasteiger partial charge >= 0.3 is 0 Å². The molecule has 94 valence electrons. The highest BCUT2D eigenvalue weighted by atomic mass is 32.2. The topological polar surface area (TPSA) is 80.9 Å². The fraction of sp³-hybridized carbons (Fsp3) is 0.500. The minimum Gasteiger partial charge on any atom is -0.389 e. The molecule has 5 nitrogen and oxygen atoms in total. The van der Waals surface area contributed by atoms with Gasteiger partial charge in [0.15, 0.2) is 5.82 Å². The Morgan fingerprint density at radius 3 is 3.00 bits per heavy atom. The number of hydrogen-bond donors (Lipinski definition) is 2. The van der Waals surface area contributed by atoms with E-state index in [2.05, 4.69) is 15.5 Å². The maximum absolute atomic E-state index is 11.0. The molecule has 2 atom stereocenters. The number of anilines is 1. The predicted molar refractivity (Wildman–Crippen MR) is 74.6 cm³/mol. The second kappa shape index (κ2) is 6.61. The maximum Gasteiger partial charge on any atom is 0.159 e. The van der Waals surface area contributed by atoms with E-state index in [1.165, 1.54) is 0 Å². The third-order valence-electron chi connectivity index (χ3n) is 2.21. The summed E-state index contributed by atoms with van der Waals surface area (Å²) >= 11 is 4.93. The van der Waals surface area contributed by atoms with Crippen molar-refractivity contribution in [2.75, 3.05) is 17.3 Å². The zero-order valence-corrected chi connectivity index (χ0v) is 11.5. The van der Waals surface area contributed by atoms with Crippen LogP contribution >= 0.6 is 12.2 Å². The molecule has 0 aliphatic carbocycles. The van der Waals surface area contributed by atoms with Crippen molar-refractivity contribution in [1.29, 1.82) is 0 Å². The van der Waals surface area contributed by atoms with Crippen LogP contribution in [0.4, 0.5) is 5.82 Å². The van der Waals surface area contributed by atoms with Crippen molar-refractivity contribution in [3.8, 4) is 0 Å². The van der Waals surface area contributed by atoms with Crippen LogP contribution in [0.3, 0.4) is 0 Å². The fourth-order valence-corrected chi connectivity index (χ4v) is 2.14. The molecule has 1 rings (SSSR count). The van der Waals surface area contributed by atoms with E-state index in [1.54, 1.807) is 18.5 Å². The average Bonchev–Trinajstić information content (AvgIpc) is 2.27. The third-order valence-corrected chi connectivity index (χ3v) is 3.24. The Kier molecular flexibility index (Phi) is 5.43. The first-order valence-corrected chi connectivity index (χ1v) is 7.32. The Hall–Kier alpha value is -1.08. The van der Waals surface area contributed by atoms with E-state index in [0.29, 0.717) is 17.1 Å². The standard InChI is InChI=1S/C10H16N4OS2/c1-7(4-6-17(2)15)13-10-8(9(11)16)3-5-12-14-10/h3,5,7H,4,6H2,1-2H3,(H2,11,16)(H,13,14). The molecule has 1 heterocycles. The normalized spacial score (nSPS) is 14.0. The van der Waals surface area contributed by atoms with Crippen LogP contribution in [0, 0.1) is 0 Å². The molecule has 2 unspecified atom stereocenters. The van der Waals surface area contributed by atoms with Crippen LogP contribution in [0.15, 0.2) is 12.3 Å². The first kappa shape index (κ1) is 14.0. The zero-order valence-electron chi connectivity index (χ0n) is 9.84. The molecule has 0 radical (unpaired) electrons. The summed E-state index contributed by atoms with van der Waals surface area (Å²) in [5, 5.41) is 10.9. The molecule has 1 aromatic rings. The largest absolute Gasteiger partial charge is 0.389 e. The van der Waals surface area contributed by atoms with E-state index in [-0.39, 0.29) is 11.0 Å². The number of hydrogen-bond acceptors (Lipinski definition) is 5. The highest BCUT2D eigenvalue weighted by Gasteiger charge is 2.10. The molecule has 0 bridgehead atoms. The quantitative estimate of drug-likeness (QED) is 0.741. The van der Waals surface area contributed by atoms with Gasteiger partial charge in [0.05, 0.1) is 11.8 Å². The number of nitrogens with two attached hydrogens (primary N) is 1. The molecule has 1 aromatic heterocycles. The molecule has 17 heavy (non-hydrogen) atoms. The summed E-state index contributed by atoms with van der Waals surface area (Å²) in [5.41, 5.74) is 6.27. The summed E-state index contributed by atoms with van der Waals surface area (Å²) in [6.45, 7) is 1.99. The van der Waals surface area contributed by atoms with Crippen molar-refractivity contribution in [3.05, 3.63) is 17.8 Å². The van der Waals surface area contributed by atoms with E-state index in [4.69, 9.17) is 18.0 Å². The van der Waals surface area contributed by atoms with Gasteiger partial charge in [0.25, 0.3) is 0 Å². The lowest BCUT2D eigenvalue weighted by Gasteiger charge is -2.15. The average molecular weight is 272 g/mol. The Morgan fingerprint density at radius 2 is 2.41 bits per heavy atom. The van der Waals surface area contributed by atoms with Crippen LogP contribution in [0.2, 0.25) is 0 Å². The Labute approximate surface area is 109 Å². The van der Waals surface area contributed by atoms with Crippen molar-refractivity contribution in [1.82, 2.24) is 10.2 Å². The van der Waals surface area contributed by atoms with Gasteiger partial charge in [-0.2, -0.15) is 5.10 Å². The lowest BCUT2D eigenvalue weighted by atomic mass is 10.2. The highest BCUT2D eigenvalue weighted by molar-refractivity contribution is 7.84. The number of nitrogens with zero attached hydrogens (tertiary/aromatic N) is 2. The second-order valence-electron chi connectivity index (χ2n) is 3.77. The minimum atomic E-state index is -0.785. The summed E-state index contributed by atoms with van der Waals surface area (Å²) in [7, 11) is -0.785. The molecule has 0 saturated carbocycles. The molecule has 3 N–H and O–H groups in total. The monoisotopic (exact) mass is 272 g/mol. The van der Waals surface area contributed by atoms with E-state index < -0.39 is 10.8 Å². The van der Waals surface area contributed by atoms with Crippen molar-refractivity contribution in [3.63, 3.8) is 0 Å². The van der Waals surface area contributed by atoms with Crippen molar-refractivity contribution >= 4 is 33.8 Å². The van der Waals surface area contributed by atoms with Gasteiger partial charge in [0.1, 0.15) is 4.99 Å². The van der Waals surface area contributed by atoms with Crippen LogP contribution in [-0.4, -0.2) is 37.4 Å². The van der Waals surface area contributed by atoms with Crippen LogP contribution in [0.5, 0.6) is 0 Å². The molecule has 0 aliphatic heterocycles. The highest BCUT2D eigenvalue weighted by Crippen LogP contribution is 2.12. The molecule has 0 aliphatic rings. The predicted octanol–water partition coefficient (Wildman–Crippen LogP) is 0.680. The van der Waals surface area contributed by atoms with E-state index >= 15 is 0 Å². The Balaban J connectivity index is 2.67. The molecular formula is C10H16N4OS2. The summed E-state index contributed by atoms with van der Waals surface area (Å²) in [6, 6.07) is 1.87. The number of aromatic nitrogens is 2. The summed E-state index contributed by atoms with van der Waals surface area (Å²) in [6.07, 6.45) is 4.03. The third kappa shape index (κ3) is 4.74. The molecule has 0 saturated heterocycles. The van der Waals surface area contributed by atoms with Crippen LogP contribution < -0.4 is 11.1 Å². The van der Waals surface area contributed by atoms with Crippen LogP contribution in [-0.2, 0) is 10.8 Å². The van der Waals surface area contributed by atoms with Crippen molar-refractivity contribution in [2.24, 2.45) is 5.73 Å². The smallest absolute Gasteiger partial charge is 0.159 e. The molecule has 0 aromatic carbocycles. The molecule has 0 amide bonds. The minimum absolute atomic E-state index is 0.142. The van der Waals surface area contributed by atoms with E-state index in [9.17, 15) is 4.21 Å². The van der Waals surface area contributed by atoms with Gasteiger partial charge in [-0.3, -0.25) is 4.21 Å². The Bertz CT molecular complexity index is 425. The van der Waals surface area contributed by atoms with Gasteiger partial charge in [-0.15, -0.1) is 5.10 Å². The molecular weight excluding hydrogens is 256 g/mol.